The van der Waals surface area contributed by atoms with Crippen molar-refractivity contribution in [2.24, 2.45) is 0 Å². The average Bonchev–Trinajstić information content (AvgIpc) is 2.93. The topological polar surface area (TPSA) is 21.3 Å². The van der Waals surface area contributed by atoms with E-state index in [9.17, 15) is 0 Å². The van der Waals surface area contributed by atoms with Crippen molar-refractivity contribution in [3.63, 3.8) is 0 Å². The summed E-state index contributed by atoms with van der Waals surface area (Å²) in [6.07, 6.45) is 1.03. The number of halogens is 1. The van der Waals surface area contributed by atoms with Gasteiger partial charge in [-0.1, -0.05) is 40.2 Å². The third-order valence-corrected chi connectivity index (χ3v) is 4.26. The first-order valence-electron chi connectivity index (χ1n) is 6.96. The van der Waals surface area contributed by atoms with E-state index < -0.39 is 0 Å². The molecule has 2 aromatic rings. The molecule has 0 amide bonds. The van der Waals surface area contributed by atoms with Crippen LogP contribution in [0.4, 0.5) is 0 Å². The van der Waals surface area contributed by atoms with Crippen LogP contribution in [-0.2, 0) is 13.0 Å². The molecule has 1 atom stereocenters. The number of nitrogens with one attached hydrogen (secondary N) is 1. The molecular weight excluding hydrogens is 314 g/mol. The van der Waals surface area contributed by atoms with Crippen molar-refractivity contribution in [3.8, 4) is 5.75 Å². The molecule has 3 rings (SSSR count). The molecule has 1 heterocycles. The van der Waals surface area contributed by atoms with Crippen LogP contribution in [0.25, 0.3) is 0 Å². The van der Waals surface area contributed by atoms with Crippen molar-refractivity contribution in [2.75, 3.05) is 6.61 Å². The van der Waals surface area contributed by atoms with Crippen molar-refractivity contribution >= 4 is 15.9 Å². The summed E-state index contributed by atoms with van der Waals surface area (Å²) < 4.78 is 6.65. The van der Waals surface area contributed by atoms with E-state index in [1.54, 1.807) is 0 Å². The Morgan fingerprint density at radius 3 is 2.80 bits per heavy atom. The second-order valence-corrected chi connectivity index (χ2v) is 6.11. The van der Waals surface area contributed by atoms with Gasteiger partial charge in [0.2, 0.25) is 0 Å². The Morgan fingerprint density at radius 1 is 1.20 bits per heavy atom. The normalized spacial score (nSPS) is 14.7. The van der Waals surface area contributed by atoms with E-state index >= 15 is 0 Å². The van der Waals surface area contributed by atoms with Crippen LogP contribution in [0.15, 0.2) is 46.9 Å². The first-order chi connectivity index (χ1) is 9.72. The van der Waals surface area contributed by atoms with E-state index in [2.05, 4.69) is 70.6 Å². The Balaban J connectivity index is 1.63. The average molecular weight is 332 g/mol. The highest BCUT2D eigenvalue weighted by atomic mass is 79.9. The Kier molecular flexibility index (Phi) is 4.08. The second-order valence-electron chi connectivity index (χ2n) is 5.19. The molecule has 0 saturated heterocycles. The van der Waals surface area contributed by atoms with Gasteiger partial charge in [0.05, 0.1) is 6.61 Å². The maximum Gasteiger partial charge on any atom is 0.122 e. The summed E-state index contributed by atoms with van der Waals surface area (Å²) in [5.74, 6) is 1.05. The molecule has 1 N–H and O–H groups in total. The maximum atomic E-state index is 5.53. The predicted molar refractivity (Wildman–Crippen MR) is 85.0 cm³/mol. The lowest BCUT2D eigenvalue weighted by molar-refractivity contribution is 0.357. The minimum Gasteiger partial charge on any atom is -0.493 e. The summed E-state index contributed by atoms with van der Waals surface area (Å²) in [7, 11) is 0. The van der Waals surface area contributed by atoms with Crippen LogP contribution in [0, 0.1) is 0 Å². The fraction of sp³-hybridized carbons (Fsp3) is 0.294. The lowest BCUT2D eigenvalue weighted by Crippen LogP contribution is -2.18. The molecule has 0 spiro atoms. The van der Waals surface area contributed by atoms with Crippen LogP contribution in [-0.4, -0.2) is 6.61 Å². The van der Waals surface area contributed by atoms with E-state index in [-0.39, 0.29) is 0 Å². The molecule has 0 radical (unpaired) electrons. The summed E-state index contributed by atoms with van der Waals surface area (Å²) in [5.41, 5.74) is 3.96. The van der Waals surface area contributed by atoms with E-state index in [4.69, 9.17) is 4.74 Å². The standard InChI is InChI=1S/C17H18BrNO/c1-12(14-3-5-16(18)6-4-14)19-11-13-2-7-17-15(10-13)8-9-20-17/h2-7,10,12,19H,8-9,11H2,1H3/t12-/m1/s1. The van der Waals surface area contributed by atoms with Crippen LogP contribution in [0.3, 0.4) is 0 Å². The second kappa shape index (κ2) is 5.98. The van der Waals surface area contributed by atoms with Gasteiger partial charge in [0.1, 0.15) is 5.75 Å². The zero-order chi connectivity index (χ0) is 13.9. The number of hydrogen-bond acceptors (Lipinski definition) is 2. The van der Waals surface area contributed by atoms with E-state index in [1.807, 2.05) is 0 Å². The molecule has 2 aromatic carbocycles. The molecule has 104 valence electrons. The molecule has 1 aliphatic heterocycles. The Morgan fingerprint density at radius 2 is 2.00 bits per heavy atom. The lowest BCUT2D eigenvalue weighted by Gasteiger charge is -2.15. The molecule has 0 bridgehead atoms. The fourth-order valence-corrected chi connectivity index (χ4v) is 2.75. The minimum absolute atomic E-state index is 0.340. The van der Waals surface area contributed by atoms with Gasteiger partial charge in [-0.2, -0.15) is 0 Å². The smallest absolute Gasteiger partial charge is 0.122 e. The molecule has 0 aromatic heterocycles. The molecule has 1 aliphatic rings. The number of hydrogen-bond donors (Lipinski definition) is 1. The molecule has 3 heteroatoms. The highest BCUT2D eigenvalue weighted by molar-refractivity contribution is 9.10. The number of fused-ring (bicyclic) bond motifs is 1. The highest BCUT2D eigenvalue weighted by Crippen LogP contribution is 2.26. The quantitative estimate of drug-likeness (QED) is 0.904. The Hall–Kier alpha value is -1.32. The third kappa shape index (κ3) is 3.05. The van der Waals surface area contributed by atoms with Crippen LogP contribution < -0.4 is 10.1 Å². The van der Waals surface area contributed by atoms with Crippen molar-refractivity contribution in [1.29, 1.82) is 0 Å². The van der Waals surface area contributed by atoms with Gasteiger partial charge in [-0.05, 0) is 41.8 Å². The summed E-state index contributed by atoms with van der Waals surface area (Å²) in [5, 5.41) is 3.57. The van der Waals surface area contributed by atoms with E-state index in [0.717, 1.165) is 29.8 Å². The summed E-state index contributed by atoms with van der Waals surface area (Å²) >= 11 is 3.47. The fourth-order valence-electron chi connectivity index (χ4n) is 2.49. The van der Waals surface area contributed by atoms with Crippen LogP contribution in [0.2, 0.25) is 0 Å². The molecule has 20 heavy (non-hydrogen) atoms. The van der Waals surface area contributed by atoms with Gasteiger partial charge in [-0.15, -0.1) is 0 Å². The summed E-state index contributed by atoms with van der Waals surface area (Å²) in [4.78, 5) is 0. The van der Waals surface area contributed by atoms with Crippen molar-refractivity contribution in [2.45, 2.75) is 25.9 Å². The van der Waals surface area contributed by atoms with Crippen LogP contribution in [0.1, 0.15) is 29.7 Å². The maximum absolute atomic E-state index is 5.53. The molecule has 0 aliphatic carbocycles. The van der Waals surface area contributed by atoms with Crippen LogP contribution in [0.5, 0.6) is 5.75 Å². The number of ether oxygens (including phenoxy) is 1. The first kappa shape index (κ1) is 13.7. The van der Waals surface area contributed by atoms with E-state index in [1.165, 1.54) is 16.7 Å². The molecule has 0 unspecified atom stereocenters. The van der Waals surface area contributed by atoms with Crippen molar-refractivity contribution in [3.05, 3.63) is 63.6 Å². The van der Waals surface area contributed by atoms with Crippen molar-refractivity contribution < 1.29 is 4.74 Å². The SMILES string of the molecule is C[C@@H](NCc1ccc2c(c1)CCO2)c1ccc(Br)cc1. The largest absolute Gasteiger partial charge is 0.493 e. The summed E-state index contributed by atoms with van der Waals surface area (Å²) in [6, 6.07) is 15.3. The van der Waals surface area contributed by atoms with Gasteiger partial charge in [0.25, 0.3) is 0 Å². The first-order valence-corrected chi connectivity index (χ1v) is 7.75. The number of benzene rings is 2. The van der Waals surface area contributed by atoms with E-state index in [0.29, 0.717) is 6.04 Å². The van der Waals surface area contributed by atoms with Crippen LogP contribution >= 0.6 is 15.9 Å². The Labute approximate surface area is 128 Å². The van der Waals surface area contributed by atoms with Gasteiger partial charge >= 0.3 is 0 Å². The molecule has 0 fully saturated rings. The zero-order valence-corrected chi connectivity index (χ0v) is 13.1. The van der Waals surface area contributed by atoms with Gasteiger partial charge in [0.15, 0.2) is 0 Å². The minimum atomic E-state index is 0.340. The monoisotopic (exact) mass is 331 g/mol. The summed E-state index contributed by atoms with van der Waals surface area (Å²) in [6.45, 7) is 3.89. The van der Waals surface area contributed by atoms with Crippen molar-refractivity contribution in [1.82, 2.24) is 5.32 Å². The van der Waals surface area contributed by atoms with Gasteiger partial charge in [-0.25, -0.2) is 0 Å². The van der Waals surface area contributed by atoms with Gasteiger partial charge in [-0.3, -0.25) is 0 Å². The predicted octanol–water partition coefficient (Wildman–Crippen LogP) is 4.23. The van der Waals surface area contributed by atoms with Gasteiger partial charge in [0, 0.05) is 23.5 Å². The zero-order valence-electron chi connectivity index (χ0n) is 11.5. The molecule has 0 saturated carbocycles. The third-order valence-electron chi connectivity index (χ3n) is 3.74. The lowest BCUT2D eigenvalue weighted by atomic mass is 10.1. The van der Waals surface area contributed by atoms with Gasteiger partial charge < -0.3 is 10.1 Å². The Bertz CT molecular complexity index is 594. The highest BCUT2D eigenvalue weighted by Gasteiger charge is 2.12. The number of rotatable bonds is 4. The molecule has 2 nitrogen and oxygen atoms in total. The molecular formula is C17H18BrNO.